The van der Waals surface area contributed by atoms with E-state index in [0.717, 1.165) is 15.8 Å². The van der Waals surface area contributed by atoms with Crippen LogP contribution in [0.4, 0.5) is 11.4 Å². The Labute approximate surface area is 127 Å². The quantitative estimate of drug-likeness (QED) is 0.922. The topological polar surface area (TPSA) is 32.3 Å². The van der Waals surface area contributed by atoms with Crippen molar-refractivity contribution in [3.63, 3.8) is 0 Å². The van der Waals surface area contributed by atoms with E-state index in [0.29, 0.717) is 0 Å². The molecule has 0 saturated carbocycles. The van der Waals surface area contributed by atoms with Gasteiger partial charge in [-0.3, -0.25) is 4.79 Å². The second-order valence-corrected chi connectivity index (χ2v) is 5.46. The molecule has 4 heteroatoms. The first-order valence-electron chi connectivity index (χ1n) is 6.39. The van der Waals surface area contributed by atoms with E-state index in [2.05, 4.69) is 21.2 Å². The van der Waals surface area contributed by atoms with Crippen LogP contribution in [-0.4, -0.2) is 19.5 Å². The number of aryl methyl sites for hydroxylation is 1. The van der Waals surface area contributed by atoms with Gasteiger partial charge < -0.3 is 10.2 Å². The maximum absolute atomic E-state index is 12.1. The smallest absolute Gasteiger partial charge is 0.246 e. The third-order valence-electron chi connectivity index (χ3n) is 3.13. The number of carbonyl (C=O) groups excluding carboxylic acids is 1. The molecule has 0 fully saturated rings. The van der Waals surface area contributed by atoms with Crippen molar-refractivity contribution < 1.29 is 4.79 Å². The van der Waals surface area contributed by atoms with Crippen LogP contribution in [0.2, 0.25) is 0 Å². The molecule has 1 amide bonds. The predicted octanol–water partition coefficient (Wildman–Crippen LogP) is 3.83. The Hall–Kier alpha value is -1.81. The van der Waals surface area contributed by atoms with Crippen LogP contribution in [0.25, 0.3) is 0 Å². The molecule has 0 aliphatic heterocycles. The summed E-state index contributed by atoms with van der Waals surface area (Å²) >= 11 is 3.48. The van der Waals surface area contributed by atoms with Crippen LogP contribution in [-0.2, 0) is 4.79 Å². The second-order valence-electron chi connectivity index (χ2n) is 4.61. The van der Waals surface area contributed by atoms with Gasteiger partial charge in [0.2, 0.25) is 5.91 Å². The number of hydrogen-bond acceptors (Lipinski definition) is 2. The van der Waals surface area contributed by atoms with Crippen molar-refractivity contribution in [2.75, 3.05) is 23.8 Å². The van der Waals surface area contributed by atoms with Gasteiger partial charge in [-0.05, 0) is 36.8 Å². The molecular formula is C16H17BrN2O. The summed E-state index contributed by atoms with van der Waals surface area (Å²) in [6.45, 7) is 2.29. The van der Waals surface area contributed by atoms with Crippen LogP contribution in [0.1, 0.15) is 5.56 Å². The van der Waals surface area contributed by atoms with E-state index in [1.807, 2.05) is 55.5 Å². The van der Waals surface area contributed by atoms with E-state index >= 15 is 0 Å². The molecule has 0 aromatic heterocycles. The third kappa shape index (κ3) is 3.61. The van der Waals surface area contributed by atoms with E-state index in [-0.39, 0.29) is 12.5 Å². The Balaban J connectivity index is 1.96. The van der Waals surface area contributed by atoms with Crippen LogP contribution in [0.5, 0.6) is 0 Å². The minimum absolute atomic E-state index is 0.0212. The van der Waals surface area contributed by atoms with E-state index < -0.39 is 0 Å². The number of halogens is 1. The Morgan fingerprint density at radius 2 is 1.90 bits per heavy atom. The fraction of sp³-hybridized carbons (Fsp3) is 0.188. The highest BCUT2D eigenvalue weighted by molar-refractivity contribution is 9.10. The van der Waals surface area contributed by atoms with Gasteiger partial charge in [-0.2, -0.15) is 0 Å². The molecule has 0 aliphatic rings. The summed E-state index contributed by atoms with van der Waals surface area (Å²) in [5.74, 6) is 0.0212. The lowest BCUT2D eigenvalue weighted by Gasteiger charge is -2.18. The van der Waals surface area contributed by atoms with Gasteiger partial charge in [0.15, 0.2) is 0 Å². The summed E-state index contributed by atoms with van der Waals surface area (Å²) in [5, 5.41) is 3.14. The molecule has 0 saturated heterocycles. The highest BCUT2D eigenvalue weighted by Gasteiger charge is 2.10. The number of amides is 1. The summed E-state index contributed by atoms with van der Waals surface area (Å²) in [6, 6.07) is 15.6. The van der Waals surface area contributed by atoms with Crippen LogP contribution in [0.15, 0.2) is 53.0 Å². The molecule has 1 N–H and O–H groups in total. The SMILES string of the molecule is Cc1ccc(NCC(=O)N(C)c2ccccc2)cc1Br. The number of rotatable bonds is 4. The lowest BCUT2D eigenvalue weighted by atomic mass is 10.2. The van der Waals surface area contributed by atoms with Gasteiger partial charge in [-0.1, -0.05) is 40.2 Å². The van der Waals surface area contributed by atoms with Crippen LogP contribution in [0.3, 0.4) is 0 Å². The van der Waals surface area contributed by atoms with E-state index in [1.54, 1.807) is 11.9 Å². The monoisotopic (exact) mass is 332 g/mol. The zero-order valence-corrected chi connectivity index (χ0v) is 13.1. The minimum Gasteiger partial charge on any atom is -0.376 e. The zero-order chi connectivity index (χ0) is 14.5. The first-order chi connectivity index (χ1) is 9.58. The molecule has 2 aromatic rings. The van der Waals surface area contributed by atoms with Gasteiger partial charge in [0.1, 0.15) is 0 Å². The summed E-state index contributed by atoms with van der Waals surface area (Å²) in [7, 11) is 1.78. The fourth-order valence-electron chi connectivity index (χ4n) is 1.79. The molecule has 20 heavy (non-hydrogen) atoms. The molecule has 2 aromatic carbocycles. The number of anilines is 2. The molecule has 104 valence electrons. The van der Waals surface area contributed by atoms with Crippen molar-refractivity contribution in [2.24, 2.45) is 0 Å². The van der Waals surface area contributed by atoms with Gasteiger partial charge >= 0.3 is 0 Å². The Bertz CT molecular complexity index is 599. The van der Waals surface area contributed by atoms with Gasteiger partial charge in [-0.15, -0.1) is 0 Å². The number of benzene rings is 2. The Kier molecular flexibility index (Phi) is 4.79. The van der Waals surface area contributed by atoms with Gasteiger partial charge in [0.25, 0.3) is 0 Å². The number of nitrogens with one attached hydrogen (secondary N) is 1. The summed E-state index contributed by atoms with van der Waals surface area (Å²) in [5.41, 5.74) is 2.99. The summed E-state index contributed by atoms with van der Waals surface area (Å²) < 4.78 is 1.03. The van der Waals surface area contributed by atoms with Gasteiger partial charge in [0, 0.05) is 22.9 Å². The molecule has 0 atom stereocenters. The lowest BCUT2D eigenvalue weighted by Crippen LogP contribution is -2.32. The average molecular weight is 333 g/mol. The average Bonchev–Trinajstić information content (AvgIpc) is 2.48. The van der Waals surface area contributed by atoms with Crippen molar-refractivity contribution in [3.05, 3.63) is 58.6 Å². The zero-order valence-electron chi connectivity index (χ0n) is 11.6. The van der Waals surface area contributed by atoms with Crippen LogP contribution in [0, 0.1) is 6.92 Å². The molecule has 0 spiro atoms. The molecule has 0 aliphatic carbocycles. The predicted molar refractivity (Wildman–Crippen MR) is 87.2 cm³/mol. The maximum Gasteiger partial charge on any atom is 0.246 e. The summed E-state index contributed by atoms with van der Waals surface area (Å²) in [6.07, 6.45) is 0. The Morgan fingerprint density at radius 1 is 1.20 bits per heavy atom. The number of carbonyl (C=O) groups is 1. The highest BCUT2D eigenvalue weighted by atomic mass is 79.9. The molecule has 0 unspecified atom stereocenters. The summed E-state index contributed by atoms with van der Waals surface area (Å²) in [4.78, 5) is 13.8. The first kappa shape index (κ1) is 14.6. The number of nitrogens with zero attached hydrogens (tertiary/aromatic N) is 1. The van der Waals surface area contributed by atoms with Crippen LogP contribution >= 0.6 is 15.9 Å². The Morgan fingerprint density at radius 3 is 2.55 bits per heavy atom. The number of likely N-dealkylation sites (N-methyl/N-ethyl adjacent to an activating group) is 1. The lowest BCUT2D eigenvalue weighted by molar-refractivity contribution is -0.116. The molecular weight excluding hydrogens is 316 g/mol. The molecule has 2 rings (SSSR count). The highest BCUT2D eigenvalue weighted by Crippen LogP contribution is 2.20. The van der Waals surface area contributed by atoms with Crippen molar-refractivity contribution in [3.8, 4) is 0 Å². The fourth-order valence-corrected chi connectivity index (χ4v) is 2.17. The minimum atomic E-state index is 0.0212. The van der Waals surface area contributed by atoms with Gasteiger partial charge in [0.05, 0.1) is 6.54 Å². The molecule has 0 bridgehead atoms. The van der Waals surface area contributed by atoms with Crippen molar-refractivity contribution in [1.29, 1.82) is 0 Å². The molecule has 0 heterocycles. The van der Waals surface area contributed by atoms with Gasteiger partial charge in [-0.25, -0.2) is 0 Å². The largest absolute Gasteiger partial charge is 0.376 e. The van der Waals surface area contributed by atoms with Crippen molar-refractivity contribution in [2.45, 2.75) is 6.92 Å². The normalized spacial score (nSPS) is 10.2. The number of para-hydroxylation sites is 1. The van der Waals surface area contributed by atoms with E-state index in [1.165, 1.54) is 5.56 Å². The molecule has 3 nitrogen and oxygen atoms in total. The second kappa shape index (κ2) is 6.57. The van der Waals surface area contributed by atoms with Crippen molar-refractivity contribution >= 4 is 33.2 Å². The van der Waals surface area contributed by atoms with Crippen molar-refractivity contribution in [1.82, 2.24) is 0 Å². The number of hydrogen-bond donors (Lipinski definition) is 1. The maximum atomic E-state index is 12.1. The standard InChI is InChI=1S/C16H17BrN2O/c1-12-8-9-13(10-15(12)17)18-11-16(20)19(2)14-6-4-3-5-7-14/h3-10,18H,11H2,1-2H3. The van der Waals surface area contributed by atoms with Crippen LogP contribution < -0.4 is 10.2 Å². The van der Waals surface area contributed by atoms with E-state index in [9.17, 15) is 4.79 Å². The first-order valence-corrected chi connectivity index (χ1v) is 7.19. The third-order valence-corrected chi connectivity index (χ3v) is 3.99. The molecule has 0 radical (unpaired) electrons. The van der Waals surface area contributed by atoms with E-state index in [4.69, 9.17) is 0 Å².